The molecule has 0 spiro atoms. The van der Waals surface area contributed by atoms with Gasteiger partial charge in [-0.25, -0.2) is 9.13 Å². The summed E-state index contributed by atoms with van der Waals surface area (Å²) < 4.78 is 5.24. The number of rotatable bonds is 36. The number of hydrogen-bond acceptors (Lipinski definition) is 0. The van der Waals surface area contributed by atoms with Crippen molar-refractivity contribution in [3.63, 3.8) is 0 Å². The van der Waals surface area contributed by atoms with Crippen LogP contribution in [0.2, 0.25) is 0 Å². The highest BCUT2D eigenvalue weighted by atomic mass is 15.1. The summed E-state index contributed by atoms with van der Waals surface area (Å²) in [6, 6.07) is 0. The van der Waals surface area contributed by atoms with Crippen molar-refractivity contribution < 1.29 is 4.57 Å². The lowest BCUT2D eigenvalue weighted by molar-refractivity contribution is -0.704. The van der Waals surface area contributed by atoms with E-state index in [1.807, 2.05) is 0 Å². The van der Waals surface area contributed by atoms with Gasteiger partial charge in [0.1, 0.15) is 12.4 Å². The molecule has 2 nitrogen and oxygen atoms in total. The molecule has 2 heteroatoms. The second kappa shape index (κ2) is 33.6. The molecular weight excluding hydrogens is 532 g/mol. The fraction of sp³-hybridized carbons (Fsp3) is 0.929. The van der Waals surface area contributed by atoms with Crippen molar-refractivity contribution in [3.05, 3.63) is 18.2 Å². The Kier molecular flexibility index (Phi) is 31.5. The van der Waals surface area contributed by atoms with Crippen molar-refractivity contribution in [1.82, 2.24) is 4.57 Å². The Hall–Kier alpha value is -0.790. The summed E-state index contributed by atoms with van der Waals surface area (Å²) in [4.78, 5) is 0. The zero-order chi connectivity index (χ0) is 31.6. The summed E-state index contributed by atoms with van der Waals surface area (Å²) >= 11 is 0. The number of aryl methyl sites for hydroxylation is 2. The standard InChI is InChI=1S/C42H83N2/c1-4-7-10-13-15-17-19-21-22-23-24-26-28-30-32-34-37-42-43(38-35-12-9-6-3)40-41-44(42)39-36-33-31-29-27-25-20-18-16-14-11-8-5-2/h40-41H,4-39H2,1-3H3/q+1. The van der Waals surface area contributed by atoms with Crippen LogP contribution in [0.25, 0.3) is 0 Å². The largest absolute Gasteiger partial charge is 0.256 e. The quantitative estimate of drug-likeness (QED) is 0.0524. The zero-order valence-electron chi connectivity index (χ0n) is 31.0. The highest BCUT2D eigenvalue weighted by molar-refractivity contribution is 4.84. The van der Waals surface area contributed by atoms with Crippen molar-refractivity contribution in [2.45, 2.75) is 252 Å². The van der Waals surface area contributed by atoms with E-state index >= 15 is 0 Å². The molecule has 1 heterocycles. The van der Waals surface area contributed by atoms with Crippen LogP contribution in [0.3, 0.4) is 0 Å². The molecule has 0 amide bonds. The van der Waals surface area contributed by atoms with Crippen molar-refractivity contribution in [3.8, 4) is 0 Å². The van der Waals surface area contributed by atoms with Gasteiger partial charge in [0.2, 0.25) is 0 Å². The summed E-state index contributed by atoms with van der Waals surface area (Å²) in [7, 11) is 0. The van der Waals surface area contributed by atoms with Crippen LogP contribution in [-0.4, -0.2) is 4.57 Å². The Morgan fingerprint density at radius 2 is 0.705 bits per heavy atom. The molecule has 1 rings (SSSR count). The number of aromatic nitrogens is 2. The van der Waals surface area contributed by atoms with Gasteiger partial charge in [0, 0.05) is 6.42 Å². The minimum Gasteiger partial charge on any atom is -0.234 e. The van der Waals surface area contributed by atoms with E-state index in [0.717, 1.165) is 0 Å². The molecular formula is C42H83N2+. The Morgan fingerprint density at radius 1 is 0.386 bits per heavy atom. The molecule has 1 aromatic heterocycles. The summed E-state index contributed by atoms with van der Waals surface area (Å²) in [5.74, 6) is 1.62. The predicted octanol–water partition coefficient (Wildman–Crippen LogP) is 14.3. The molecule has 1 aromatic rings. The summed E-state index contributed by atoms with van der Waals surface area (Å²) in [5, 5.41) is 0. The predicted molar refractivity (Wildman–Crippen MR) is 198 cm³/mol. The fourth-order valence-corrected chi connectivity index (χ4v) is 7.03. The van der Waals surface area contributed by atoms with Crippen molar-refractivity contribution >= 4 is 0 Å². The topological polar surface area (TPSA) is 8.81 Å². The molecule has 0 aliphatic carbocycles. The van der Waals surface area contributed by atoms with Crippen molar-refractivity contribution in [2.75, 3.05) is 0 Å². The van der Waals surface area contributed by atoms with E-state index in [0.29, 0.717) is 0 Å². The maximum absolute atomic E-state index is 2.63. The van der Waals surface area contributed by atoms with E-state index in [-0.39, 0.29) is 0 Å². The third kappa shape index (κ3) is 25.4. The lowest BCUT2D eigenvalue weighted by atomic mass is 10.0. The van der Waals surface area contributed by atoms with E-state index < -0.39 is 0 Å². The lowest BCUT2D eigenvalue weighted by Crippen LogP contribution is -2.37. The monoisotopic (exact) mass is 616 g/mol. The van der Waals surface area contributed by atoms with E-state index in [1.54, 1.807) is 5.82 Å². The van der Waals surface area contributed by atoms with Gasteiger partial charge in [0.05, 0.1) is 13.1 Å². The number of imidazole rings is 1. The van der Waals surface area contributed by atoms with Gasteiger partial charge in [-0.05, 0) is 32.1 Å². The second-order valence-electron chi connectivity index (χ2n) is 14.5. The van der Waals surface area contributed by atoms with Crippen molar-refractivity contribution in [2.24, 2.45) is 0 Å². The maximum Gasteiger partial charge on any atom is 0.256 e. The third-order valence-corrected chi connectivity index (χ3v) is 10.1. The van der Waals surface area contributed by atoms with Crippen LogP contribution in [-0.2, 0) is 19.5 Å². The molecule has 0 N–H and O–H groups in total. The molecule has 0 aromatic carbocycles. The smallest absolute Gasteiger partial charge is 0.234 e. The molecule has 260 valence electrons. The molecule has 0 atom stereocenters. The van der Waals surface area contributed by atoms with Gasteiger partial charge in [-0.15, -0.1) is 0 Å². The number of nitrogens with zero attached hydrogens (tertiary/aromatic N) is 2. The van der Waals surface area contributed by atoms with Crippen LogP contribution < -0.4 is 4.57 Å². The molecule has 0 radical (unpaired) electrons. The highest BCUT2D eigenvalue weighted by Gasteiger charge is 2.16. The van der Waals surface area contributed by atoms with Gasteiger partial charge < -0.3 is 0 Å². The summed E-state index contributed by atoms with van der Waals surface area (Å²) in [6.07, 6.45) is 53.4. The fourth-order valence-electron chi connectivity index (χ4n) is 7.03. The second-order valence-corrected chi connectivity index (χ2v) is 14.5. The first kappa shape index (κ1) is 41.2. The van der Waals surface area contributed by atoms with Crippen molar-refractivity contribution in [1.29, 1.82) is 0 Å². The molecule has 44 heavy (non-hydrogen) atoms. The maximum atomic E-state index is 2.63. The molecule has 0 aliphatic rings. The first-order chi connectivity index (χ1) is 21.8. The molecule has 0 unspecified atom stereocenters. The van der Waals surface area contributed by atoms with Gasteiger partial charge >= 0.3 is 0 Å². The minimum atomic E-state index is 1.22. The minimum absolute atomic E-state index is 1.22. The SMILES string of the molecule is CCCCCCCCCCCCCCCCCCc1n(CCCCCC)cc[n+]1CCCCCCCCCCCCCCC. The van der Waals surface area contributed by atoms with Crippen LogP contribution in [0.5, 0.6) is 0 Å². The summed E-state index contributed by atoms with van der Waals surface area (Å²) in [6.45, 7) is 9.40. The van der Waals surface area contributed by atoms with Gasteiger partial charge in [0.25, 0.3) is 5.82 Å². The van der Waals surface area contributed by atoms with E-state index in [4.69, 9.17) is 0 Å². The average Bonchev–Trinajstić information content (AvgIpc) is 3.42. The first-order valence-corrected chi connectivity index (χ1v) is 20.9. The van der Waals surface area contributed by atoms with Crippen LogP contribution >= 0.6 is 0 Å². The Balaban J connectivity index is 2.15. The lowest BCUT2D eigenvalue weighted by Gasteiger charge is -2.07. The highest BCUT2D eigenvalue weighted by Crippen LogP contribution is 2.16. The molecule has 0 saturated carbocycles. The first-order valence-electron chi connectivity index (χ1n) is 20.9. The van der Waals surface area contributed by atoms with Crippen LogP contribution in [0.15, 0.2) is 12.4 Å². The van der Waals surface area contributed by atoms with E-state index in [2.05, 4.69) is 42.3 Å². The van der Waals surface area contributed by atoms with Crippen LogP contribution in [0.1, 0.15) is 238 Å². The average molecular weight is 616 g/mol. The van der Waals surface area contributed by atoms with Crippen LogP contribution in [0, 0.1) is 0 Å². The third-order valence-electron chi connectivity index (χ3n) is 10.1. The molecule has 0 saturated heterocycles. The molecule has 0 aliphatic heterocycles. The molecule has 0 fully saturated rings. The van der Waals surface area contributed by atoms with E-state index in [1.165, 1.54) is 231 Å². The van der Waals surface area contributed by atoms with Gasteiger partial charge in [-0.1, -0.05) is 201 Å². The number of unbranched alkanes of at least 4 members (excludes halogenated alkanes) is 30. The Labute approximate surface area is 279 Å². The zero-order valence-corrected chi connectivity index (χ0v) is 31.0. The number of hydrogen-bond donors (Lipinski definition) is 0. The van der Waals surface area contributed by atoms with E-state index in [9.17, 15) is 0 Å². The van der Waals surface area contributed by atoms with Gasteiger partial charge in [-0.2, -0.15) is 0 Å². The Morgan fingerprint density at radius 3 is 1.09 bits per heavy atom. The molecule has 0 bridgehead atoms. The van der Waals surface area contributed by atoms with Crippen LogP contribution in [0.4, 0.5) is 0 Å². The normalized spacial score (nSPS) is 11.6. The van der Waals surface area contributed by atoms with Gasteiger partial charge in [-0.3, -0.25) is 0 Å². The summed E-state index contributed by atoms with van der Waals surface area (Å²) in [5.41, 5.74) is 0. The Bertz CT molecular complexity index is 677. The van der Waals surface area contributed by atoms with Gasteiger partial charge in [0.15, 0.2) is 0 Å².